The van der Waals surface area contributed by atoms with Gasteiger partial charge in [0.1, 0.15) is 11.9 Å². The zero-order valence-electron chi connectivity index (χ0n) is 10.1. The molecule has 17 heavy (non-hydrogen) atoms. The molecule has 4 nitrogen and oxygen atoms in total. The molecule has 0 bridgehead atoms. The second-order valence-corrected chi connectivity index (χ2v) is 4.08. The van der Waals surface area contributed by atoms with Gasteiger partial charge >= 0.3 is 5.97 Å². The van der Waals surface area contributed by atoms with Gasteiger partial charge in [-0.25, -0.2) is 4.79 Å². The topological polar surface area (TPSA) is 53.4 Å². The van der Waals surface area contributed by atoms with Gasteiger partial charge in [0.25, 0.3) is 0 Å². The molecule has 0 amide bonds. The third-order valence-corrected chi connectivity index (χ3v) is 3.14. The number of amidine groups is 1. The molecule has 0 aliphatic carbocycles. The number of hydrogen-bond donors (Lipinski definition) is 1. The summed E-state index contributed by atoms with van der Waals surface area (Å²) >= 11 is 0. The maximum atomic E-state index is 11.7. The van der Waals surface area contributed by atoms with Gasteiger partial charge in [0, 0.05) is 12.1 Å². The lowest BCUT2D eigenvalue weighted by atomic mass is 10.1. The van der Waals surface area contributed by atoms with E-state index in [2.05, 4.69) is 0 Å². The summed E-state index contributed by atoms with van der Waals surface area (Å²) in [5.41, 5.74) is 2.01. The van der Waals surface area contributed by atoms with Crippen LogP contribution in [0, 0.1) is 5.41 Å². The first-order chi connectivity index (χ1) is 8.19. The summed E-state index contributed by atoms with van der Waals surface area (Å²) in [6.07, 6.45) is 0.642. The summed E-state index contributed by atoms with van der Waals surface area (Å²) in [5, 5.41) is 8.11. The van der Waals surface area contributed by atoms with Crippen molar-refractivity contribution in [3.63, 3.8) is 0 Å². The fraction of sp³-hybridized carbons (Fsp3) is 0.385. The van der Waals surface area contributed by atoms with E-state index in [1.807, 2.05) is 31.2 Å². The van der Waals surface area contributed by atoms with Crippen LogP contribution in [0.15, 0.2) is 24.3 Å². The van der Waals surface area contributed by atoms with E-state index in [1.54, 1.807) is 4.90 Å². The van der Waals surface area contributed by atoms with Crippen molar-refractivity contribution in [1.29, 1.82) is 5.41 Å². The average Bonchev–Trinajstić information content (AvgIpc) is 2.68. The molecular formula is C13H16N2O2. The van der Waals surface area contributed by atoms with E-state index in [9.17, 15) is 4.79 Å². The molecule has 0 radical (unpaired) electrons. The smallest absolute Gasteiger partial charge is 0.328 e. The largest absolute Gasteiger partial charge is 0.467 e. The van der Waals surface area contributed by atoms with E-state index in [0.717, 1.165) is 11.1 Å². The zero-order valence-corrected chi connectivity index (χ0v) is 10.1. The summed E-state index contributed by atoms with van der Waals surface area (Å²) in [5.74, 6) is 0.142. The van der Waals surface area contributed by atoms with E-state index in [1.165, 1.54) is 7.11 Å². The Morgan fingerprint density at radius 2 is 2.24 bits per heavy atom. The first-order valence-electron chi connectivity index (χ1n) is 5.70. The van der Waals surface area contributed by atoms with Crippen molar-refractivity contribution in [2.75, 3.05) is 7.11 Å². The highest BCUT2D eigenvalue weighted by atomic mass is 16.5. The van der Waals surface area contributed by atoms with Gasteiger partial charge in [-0.3, -0.25) is 5.41 Å². The van der Waals surface area contributed by atoms with E-state index in [0.29, 0.717) is 18.8 Å². The van der Waals surface area contributed by atoms with Gasteiger partial charge in [-0.15, -0.1) is 0 Å². The normalized spacial score (nSPS) is 15.6. The molecule has 1 heterocycles. The Hall–Kier alpha value is -1.84. The van der Waals surface area contributed by atoms with Crippen molar-refractivity contribution in [3.8, 4) is 0 Å². The number of rotatable bonds is 3. The predicted molar refractivity (Wildman–Crippen MR) is 64.9 cm³/mol. The van der Waals surface area contributed by atoms with Crippen LogP contribution in [0.3, 0.4) is 0 Å². The molecule has 1 aliphatic rings. The number of nitrogens with zero attached hydrogens (tertiary/aromatic N) is 1. The molecule has 90 valence electrons. The van der Waals surface area contributed by atoms with Gasteiger partial charge in [0.05, 0.1) is 7.11 Å². The van der Waals surface area contributed by atoms with Crippen LogP contribution in [0.4, 0.5) is 0 Å². The number of ether oxygens (including phenoxy) is 1. The number of methoxy groups -OCH3 is 1. The van der Waals surface area contributed by atoms with Crippen molar-refractivity contribution in [3.05, 3.63) is 35.4 Å². The highest BCUT2D eigenvalue weighted by molar-refractivity contribution is 6.02. The number of benzene rings is 1. The Labute approximate surface area is 101 Å². The molecule has 1 atom stereocenters. The fourth-order valence-electron chi connectivity index (χ4n) is 2.22. The first kappa shape index (κ1) is 11.6. The van der Waals surface area contributed by atoms with Crippen LogP contribution >= 0.6 is 0 Å². The molecule has 1 N–H and O–H groups in total. The molecule has 2 rings (SSSR count). The minimum absolute atomic E-state index is 0.273. The Bertz CT molecular complexity index is 456. The standard InChI is InChI=1S/C13H16N2O2/c1-3-11(13(16)17-2)15-8-9-6-4-5-7-10(9)12(15)14/h4-7,11,14H,3,8H2,1-2H3. The summed E-state index contributed by atoms with van der Waals surface area (Å²) in [7, 11) is 1.39. The van der Waals surface area contributed by atoms with Crippen LogP contribution in [0.2, 0.25) is 0 Å². The Balaban J connectivity index is 2.27. The molecular weight excluding hydrogens is 216 g/mol. The molecule has 1 aromatic rings. The maximum Gasteiger partial charge on any atom is 0.328 e. The third-order valence-electron chi connectivity index (χ3n) is 3.14. The number of fused-ring (bicyclic) bond motifs is 1. The minimum atomic E-state index is -0.361. The SMILES string of the molecule is CCC(C(=O)OC)N1Cc2ccccc2C1=N. The number of esters is 1. The van der Waals surface area contributed by atoms with Gasteiger partial charge in [-0.1, -0.05) is 31.2 Å². The molecule has 1 aliphatic heterocycles. The van der Waals surface area contributed by atoms with Crippen LogP contribution in [-0.2, 0) is 16.1 Å². The van der Waals surface area contributed by atoms with Crippen molar-refractivity contribution >= 4 is 11.8 Å². The van der Waals surface area contributed by atoms with Crippen molar-refractivity contribution in [2.24, 2.45) is 0 Å². The number of carbonyl (C=O) groups is 1. The minimum Gasteiger partial charge on any atom is -0.467 e. The number of nitrogens with one attached hydrogen (secondary N) is 1. The van der Waals surface area contributed by atoms with Crippen molar-refractivity contribution in [1.82, 2.24) is 4.90 Å². The Morgan fingerprint density at radius 3 is 2.82 bits per heavy atom. The van der Waals surface area contributed by atoms with E-state index < -0.39 is 0 Å². The second-order valence-electron chi connectivity index (χ2n) is 4.08. The highest BCUT2D eigenvalue weighted by Crippen LogP contribution is 2.25. The molecule has 0 saturated heterocycles. The number of hydrogen-bond acceptors (Lipinski definition) is 3. The van der Waals surface area contributed by atoms with Crippen LogP contribution in [0.1, 0.15) is 24.5 Å². The molecule has 0 fully saturated rings. The van der Waals surface area contributed by atoms with Crippen LogP contribution < -0.4 is 0 Å². The molecule has 4 heteroatoms. The molecule has 0 saturated carbocycles. The monoisotopic (exact) mass is 232 g/mol. The average molecular weight is 232 g/mol. The summed E-state index contributed by atoms with van der Waals surface area (Å²) in [6, 6.07) is 7.42. The maximum absolute atomic E-state index is 11.7. The summed E-state index contributed by atoms with van der Waals surface area (Å²) < 4.78 is 4.79. The van der Waals surface area contributed by atoms with Crippen LogP contribution in [0.25, 0.3) is 0 Å². The molecule has 1 unspecified atom stereocenters. The van der Waals surface area contributed by atoms with Crippen LogP contribution in [-0.4, -0.2) is 29.9 Å². The zero-order chi connectivity index (χ0) is 12.4. The second kappa shape index (κ2) is 4.57. The fourth-order valence-corrected chi connectivity index (χ4v) is 2.22. The van der Waals surface area contributed by atoms with E-state index >= 15 is 0 Å². The molecule has 0 spiro atoms. The van der Waals surface area contributed by atoms with E-state index in [-0.39, 0.29) is 12.0 Å². The van der Waals surface area contributed by atoms with Crippen molar-refractivity contribution in [2.45, 2.75) is 25.9 Å². The molecule has 0 aromatic heterocycles. The lowest BCUT2D eigenvalue weighted by Gasteiger charge is -2.26. The van der Waals surface area contributed by atoms with Gasteiger partial charge in [-0.05, 0) is 12.0 Å². The lowest BCUT2D eigenvalue weighted by molar-refractivity contribution is -0.145. The van der Waals surface area contributed by atoms with Gasteiger partial charge in [0.15, 0.2) is 0 Å². The third kappa shape index (κ3) is 1.90. The number of carbonyl (C=O) groups excluding carboxylic acids is 1. The predicted octanol–water partition coefficient (Wildman–Crippen LogP) is 1.78. The lowest BCUT2D eigenvalue weighted by Crippen LogP contribution is -2.41. The summed E-state index contributed by atoms with van der Waals surface area (Å²) in [6.45, 7) is 2.54. The first-order valence-corrected chi connectivity index (χ1v) is 5.70. The van der Waals surface area contributed by atoms with Crippen LogP contribution in [0.5, 0.6) is 0 Å². The molecule has 1 aromatic carbocycles. The highest BCUT2D eigenvalue weighted by Gasteiger charge is 2.33. The van der Waals surface area contributed by atoms with Gasteiger partial charge < -0.3 is 9.64 Å². The van der Waals surface area contributed by atoms with E-state index in [4.69, 9.17) is 10.1 Å². The van der Waals surface area contributed by atoms with Gasteiger partial charge in [0.2, 0.25) is 0 Å². The van der Waals surface area contributed by atoms with Gasteiger partial charge in [-0.2, -0.15) is 0 Å². The summed E-state index contributed by atoms with van der Waals surface area (Å²) in [4.78, 5) is 13.5. The Kier molecular flexibility index (Phi) is 3.13. The van der Waals surface area contributed by atoms with Crippen molar-refractivity contribution < 1.29 is 9.53 Å². The quantitative estimate of drug-likeness (QED) is 0.808. The Morgan fingerprint density at radius 1 is 1.53 bits per heavy atom.